The SMILES string of the molecule is C=C(S)SC(C#N)C#N. The molecule has 9 heavy (non-hydrogen) atoms. The quantitative estimate of drug-likeness (QED) is 0.617. The molecule has 0 radical (unpaired) electrons. The van der Waals surface area contributed by atoms with E-state index in [0.717, 1.165) is 11.8 Å². The van der Waals surface area contributed by atoms with E-state index in [9.17, 15) is 0 Å². The fourth-order valence-corrected chi connectivity index (χ4v) is 0.911. The highest BCUT2D eigenvalue weighted by molar-refractivity contribution is 8.16. The molecule has 0 unspecified atom stereocenters. The van der Waals surface area contributed by atoms with Gasteiger partial charge in [-0.3, -0.25) is 0 Å². The van der Waals surface area contributed by atoms with Crippen LogP contribution in [0.15, 0.2) is 10.8 Å². The first-order valence-corrected chi connectivity index (χ1v) is 3.37. The Bertz CT molecular complexity index is 172. The maximum atomic E-state index is 8.21. The number of thioether (sulfide) groups is 1. The van der Waals surface area contributed by atoms with Gasteiger partial charge in [-0.15, -0.1) is 12.6 Å². The normalized spacial score (nSPS) is 8.00. The highest BCUT2D eigenvalue weighted by Crippen LogP contribution is 2.21. The van der Waals surface area contributed by atoms with Crippen molar-refractivity contribution in [2.45, 2.75) is 5.25 Å². The van der Waals surface area contributed by atoms with Crippen molar-refractivity contribution in [2.75, 3.05) is 0 Å². The molecule has 4 heteroatoms. The van der Waals surface area contributed by atoms with E-state index in [1.807, 2.05) is 0 Å². The standard InChI is InChI=1S/C5H4N2S2/c1-4(8)9-5(2-6)3-7/h5,8H,1H2. The molecule has 0 rings (SSSR count). The molecule has 0 spiro atoms. The maximum absolute atomic E-state index is 8.21. The number of nitriles is 2. The fourth-order valence-electron chi connectivity index (χ4n) is 0.218. The van der Waals surface area contributed by atoms with Crippen molar-refractivity contribution in [3.05, 3.63) is 10.8 Å². The summed E-state index contributed by atoms with van der Waals surface area (Å²) in [6, 6.07) is 3.55. The minimum atomic E-state index is -0.671. The van der Waals surface area contributed by atoms with Crippen molar-refractivity contribution in [2.24, 2.45) is 0 Å². The highest BCUT2D eigenvalue weighted by Gasteiger charge is 2.04. The zero-order chi connectivity index (χ0) is 7.28. The molecule has 0 amide bonds. The second kappa shape index (κ2) is 4.31. The van der Waals surface area contributed by atoms with E-state index in [4.69, 9.17) is 10.5 Å². The number of thiol groups is 1. The first-order valence-electron chi connectivity index (χ1n) is 2.04. The summed E-state index contributed by atoms with van der Waals surface area (Å²) in [5.41, 5.74) is 0. The van der Waals surface area contributed by atoms with E-state index in [0.29, 0.717) is 4.24 Å². The lowest BCUT2D eigenvalue weighted by atomic mass is 10.5. The van der Waals surface area contributed by atoms with Crippen molar-refractivity contribution in [3.8, 4) is 12.1 Å². The smallest absolute Gasteiger partial charge is 0.183 e. The van der Waals surface area contributed by atoms with Crippen LogP contribution < -0.4 is 0 Å². The Morgan fingerprint density at radius 3 is 2.11 bits per heavy atom. The van der Waals surface area contributed by atoms with Crippen LogP contribution in [0.5, 0.6) is 0 Å². The van der Waals surface area contributed by atoms with Gasteiger partial charge in [0, 0.05) is 4.24 Å². The van der Waals surface area contributed by atoms with Gasteiger partial charge in [-0.25, -0.2) is 0 Å². The Morgan fingerprint density at radius 1 is 1.56 bits per heavy atom. The van der Waals surface area contributed by atoms with E-state index in [1.54, 1.807) is 12.1 Å². The third kappa shape index (κ3) is 3.96. The van der Waals surface area contributed by atoms with Crippen LogP contribution in [0.3, 0.4) is 0 Å². The summed E-state index contributed by atoms with van der Waals surface area (Å²) >= 11 is 4.86. The average molecular weight is 156 g/mol. The molecule has 0 fully saturated rings. The van der Waals surface area contributed by atoms with Crippen LogP contribution in [0.4, 0.5) is 0 Å². The largest absolute Gasteiger partial charge is 0.196 e. The highest BCUT2D eigenvalue weighted by atomic mass is 32.2. The van der Waals surface area contributed by atoms with E-state index >= 15 is 0 Å². The topological polar surface area (TPSA) is 47.6 Å². The van der Waals surface area contributed by atoms with Crippen molar-refractivity contribution >= 4 is 24.4 Å². The molecule has 0 aliphatic carbocycles. The number of rotatable bonds is 2. The van der Waals surface area contributed by atoms with Crippen molar-refractivity contribution in [1.29, 1.82) is 10.5 Å². The summed E-state index contributed by atoms with van der Waals surface area (Å²) in [7, 11) is 0. The van der Waals surface area contributed by atoms with Gasteiger partial charge in [0.25, 0.3) is 0 Å². The fraction of sp³-hybridized carbons (Fsp3) is 0.200. The lowest BCUT2D eigenvalue weighted by Crippen LogP contribution is -1.90. The lowest BCUT2D eigenvalue weighted by Gasteiger charge is -1.93. The summed E-state index contributed by atoms with van der Waals surface area (Å²) in [5.74, 6) is 0. The van der Waals surface area contributed by atoms with E-state index in [2.05, 4.69) is 19.2 Å². The van der Waals surface area contributed by atoms with Gasteiger partial charge in [0.1, 0.15) is 0 Å². The summed E-state index contributed by atoms with van der Waals surface area (Å²) in [5, 5.41) is 15.7. The van der Waals surface area contributed by atoms with Crippen LogP contribution in [0.1, 0.15) is 0 Å². The molecule has 2 nitrogen and oxygen atoms in total. The minimum Gasteiger partial charge on any atom is -0.196 e. The number of nitrogens with zero attached hydrogens (tertiary/aromatic N) is 2. The second-order valence-corrected chi connectivity index (χ2v) is 3.19. The first-order chi connectivity index (χ1) is 4.20. The van der Waals surface area contributed by atoms with Gasteiger partial charge < -0.3 is 0 Å². The molecule has 46 valence electrons. The number of hydrogen-bond donors (Lipinski definition) is 1. The van der Waals surface area contributed by atoms with Gasteiger partial charge in [0.2, 0.25) is 0 Å². The zero-order valence-electron chi connectivity index (χ0n) is 4.53. The van der Waals surface area contributed by atoms with Crippen molar-refractivity contribution in [3.63, 3.8) is 0 Å². The van der Waals surface area contributed by atoms with Crippen molar-refractivity contribution < 1.29 is 0 Å². The third-order valence-corrected chi connectivity index (χ3v) is 1.52. The van der Waals surface area contributed by atoms with Crippen LogP contribution in [0, 0.1) is 22.7 Å². The Labute approximate surface area is 63.6 Å². The zero-order valence-corrected chi connectivity index (χ0v) is 6.25. The number of hydrogen-bond acceptors (Lipinski definition) is 4. The van der Waals surface area contributed by atoms with Crippen LogP contribution in [0.25, 0.3) is 0 Å². The molecule has 0 aromatic rings. The van der Waals surface area contributed by atoms with Crippen LogP contribution in [-0.4, -0.2) is 5.25 Å². The molecule has 0 N–H and O–H groups in total. The van der Waals surface area contributed by atoms with E-state index in [1.165, 1.54) is 0 Å². The molecule has 0 aromatic heterocycles. The molecular formula is C5H4N2S2. The van der Waals surface area contributed by atoms with E-state index in [-0.39, 0.29) is 0 Å². The Kier molecular flexibility index (Phi) is 4.04. The molecule has 0 saturated carbocycles. The molecule has 0 aliphatic rings. The van der Waals surface area contributed by atoms with Crippen molar-refractivity contribution in [1.82, 2.24) is 0 Å². The third-order valence-electron chi connectivity index (χ3n) is 0.488. The monoisotopic (exact) mass is 156 g/mol. The lowest BCUT2D eigenvalue weighted by molar-refractivity contribution is 1.35. The molecule has 0 bridgehead atoms. The van der Waals surface area contributed by atoms with Gasteiger partial charge in [0.05, 0.1) is 12.1 Å². The van der Waals surface area contributed by atoms with Gasteiger partial charge in [-0.1, -0.05) is 18.3 Å². The predicted octanol–water partition coefficient (Wildman–Crippen LogP) is 1.54. The first kappa shape index (κ1) is 8.42. The summed E-state index contributed by atoms with van der Waals surface area (Å²) < 4.78 is 0.489. The average Bonchev–Trinajstić information content (AvgIpc) is 1.82. The van der Waals surface area contributed by atoms with Crippen LogP contribution in [0.2, 0.25) is 0 Å². The Balaban J connectivity index is 3.78. The molecule has 0 aromatic carbocycles. The Morgan fingerprint density at radius 2 is 2.00 bits per heavy atom. The summed E-state index contributed by atoms with van der Waals surface area (Å²) in [6.45, 7) is 3.42. The van der Waals surface area contributed by atoms with Crippen LogP contribution in [-0.2, 0) is 0 Å². The molecule has 0 atom stereocenters. The van der Waals surface area contributed by atoms with E-state index < -0.39 is 5.25 Å². The van der Waals surface area contributed by atoms with Crippen LogP contribution >= 0.6 is 24.4 Å². The molecular weight excluding hydrogens is 152 g/mol. The van der Waals surface area contributed by atoms with Gasteiger partial charge in [-0.2, -0.15) is 10.5 Å². The summed E-state index contributed by atoms with van der Waals surface area (Å²) in [4.78, 5) is 0. The Hall–Kier alpha value is -0.580. The maximum Gasteiger partial charge on any atom is 0.183 e. The van der Waals surface area contributed by atoms with Gasteiger partial charge >= 0.3 is 0 Å². The molecule has 0 heterocycles. The minimum absolute atomic E-state index is 0.489. The summed E-state index contributed by atoms with van der Waals surface area (Å²) in [6.07, 6.45) is 0. The van der Waals surface area contributed by atoms with Gasteiger partial charge in [0.15, 0.2) is 5.25 Å². The van der Waals surface area contributed by atoms with Gasteiger partial charge in [-0.05, 0) is 0 Å². The molecule has 0 saturated heterocycles. The molecule has 0 aliphatic heterocycles. The predicted molar refractivity (Wildman–Crippen MR) is 40.7 cm³/mol. The second-order valence-electron chi connectivity index (χ2n) is 1.15.